The molecular formula is C14H26FNO2. The van der Waals surface area contributed by atoms with Crippen molar-refractivity contribution >= 4 is 0 Å². The molecule has 0 aromatic rings. The van der Waals surface area contributed by atoms with Crippen LogP contribution >= 0.6 is 0 Å². The molecule has 0 fully saturated rings. The minimum absolute atomic E-state index is 0.239. The zero-order valence-electron chi connectivity index (χ0n) is 11.7. The molecule has 0 aliphatic carbocycles. The molecule has 0 aromatic carbocycles. The molecule has 106 valence electrons. The molecule has 0 heterocycles. The van der Waals surface area contributed by atoms with Crippen molar-refractivity contribution in [3.8, 4) is 12.0 Å². The summed E-state index contributed by atoms with van der Waals surface area (Å²) in [5.74, 6) is 1.11. The monoisotopic (exact) mass is 259 g/mol. The summed E-state index contributed by atoms with van der Waals surface area (Å²) in [6.07, 6.45) is 5.66. The Bertz CT molecular complexity index is 271. The maximum atomic E-state index is 13.4. The molecule has 3 nitrogen and oxygen atoms in total. The molecule has 18 heavy (non-hydrogen) atoms. The van der Waals surface area contributed by atoms with Gasteiger partial charge in [0.25, 0.3) is 0 Å². The Balaban J connectivity index is 3.54. The van der Waals surface area contributed by atoms with E-state index in [4.69, 9.17) is 10.2 Å². The molecule has 0 spiro atoms. The molecule has 0 saturated carbocycles. The van der Waals surface area contributed by atoms with Crippen LogP contribution in [0.3, 0.4) is 0 Å². The van der Waals surface area contributed by atoms with Gasteiger partial charge in [-0.15, -0.1) is 0 Å². The maximum Gasteiger partial charge on any atom is 0.223 e. The first-order chi connectivity index (χ1) is 8.43. The molecule has 0 radical (unpaired) electrons. The average molecular weight is 259 g/mol. The number of halogens is 1. The van der Waals surface area contributed by atoms with Gasteiger partial charge in [-0.05, 0) is 37.6 Å². The van der Waals surface area contributed by atoms with E-state index in [2.05, 4.69) is 18.2 Å². The molecule has 3 N–H and O–H groups in total. The van der Waals surface area contributed by atoms with Gasteiger partial charge in [0.05, 0.1) is 0 Å². The molecule has 0 bridgehead atoms. The number of nitrogens with one attached hydrogen (secondary N) is 1. The SMILES string of the molecule is CC(CO)C(C)CCCCCNC(C)(F)C#CO. The summed E-state index contributed by atoms with van der Waals surface area (Å²) in [7, 11) is 0. The number of unbranched alkanes of at least 4 members (excludes halogenated alkanes) is 2. The Kier molecular flexibility index (Phi) is 8.78. The van der Waals surface area contributed by atoms with Crippen LogP contribution in [0.2, 0.25) is 0 Å². The zero-order chi connectivity index (χ0) is 14.0. The fraction of sp³-hybridized carbons (Fsp3) is 0.857. The van der Waals surface area contributed by atoms with E-state index < -0.39 is 5.79 Å². The number of aliphatic hydroxyl groups excluding tert-OH is 2. The highest BCUT2D eigenvalue weighted by molar-refractivity contribution is 5.05. The third-order valence-corrected chi connectivity index (χ3v) is 3.34. The third-order valence-electron chi connectivity index (χ3n) is 3.34. The summed E-state index contributed by atoms with van der Waals surface area (Å²) in [5.41, 5.74) is 0. The molecule has 0 aromatic heterocycles. The Hall–Kier alpha value is -0.790. The van der Waals surface area contributed by atoms with E-state index in [9.17, 15) is 4.39 Å². The van der Waals surface area contributed by atoms with Gasteiger partial charge in [-0.3, -0.25) is 5.32 Å². The van der Waals surface area contributed by atoms with E-state index in [1.165, 1.54) is 6.92 Å². The van der Waals surface area contributed by atoms with E-state index in [-0.39, 0.29) is 6.61 Å². The molecular weight excluding hydrogens is 233 g/mol. The van der Waals surface area contributed by atoms with Crippen molar-refractivity contribution < 1.29 is 14.6 Å². The number of hydrogen-bond acceptors (Lipinski definition) is 3. The van der Waals surface area contributed by atoms with Gasteiger partial charge in [-0.2, -0.15) is 0 Å². The molecule has 0 saturated heterocycles. The van der Waals surface area contributed by atoms with Gasteiger partial charge in [-0.25, -0.2) is 4.39 Å². The van der Waals surface area contributed by atoms with Gasteiger partial charge < -0.3 is 10.2 Å². The first-order valence-electron chi connectivity index (χ1n) is 6.64. The molecule has 0 aliphatic rings. The lowest BCUT2D eigenvalue weighted by atomic mass is 9.91. The van der Waals surface area contributed by atoms with Crippen LogP contribution in [0.4, 0.5) is 4.39 Å². The normalized spacial score (nSPS) is 17.4. The van der Waals surface area contributed by atoms with Crippen LogP contribution in [0.25, 0.3) is 0 Å². The highest BCUT2D eigenvalue weighted by Crippen LogP contribution is 2.17. The van der Waals surface area contributed by atoms with E-state index in [1.807, 2.05) is 6.92 Å². The summed E-state index contributed by atoms with van der Waals surface area (Å²) < 4.78 is 13.4. The number of alkyl halides is 1. The fourth-order valence-corrected chi connectivity index (χ4v) is 1.70. The van der Waals surface area contributed by atoms with Crippen molar-refractivity contribution in [1.82, 2.24) is 5.32 Å². The highest BCUT2D eigenvalue weighted by atomic mass is 19.1. The molecule has 0 aliphatic heterocycles. The van der Waals surface area contributed by atoms with Crippen LogP contribution in [-0.2, 0) is 0 Å². The minimum atomic E-state index is -1.81. The topological polar surface area (TPSA) is 52.5 Å². The van der Waals surface area contributed by atoms with E-state index >= 15 is 0 Å². The first kappa shape index (κ1) is 17.2. The number of aliphatic hydroxyl groups is 2. The summed E-state index contributed by atoms with van der Waals surface area (Å²) in [6, 6.07) is 0. The van der Waals surface area contributed by atoms with Gasteiger partial charge in [0, 0.05) is 6.61 Å². The predicted molar refractivity (Wildman–Crippen MR) is 71.1 cm³/mol. The summed E-state index contributed by atoms with van der Waals surface area (Å²) in [5, 5.41) is 20.0. The van der Waals surface area contributed by atoms with Crippen molar-refractivity contribution in [1.29, 1.82) is 0 Å². The molecule has 0 rings (SSSR count). The van der Waals surface area contributed by atoms with Gasteiger partial charge in [-0.1, -0.05) is 33.1 Å². The smallest absolute Gasteiger partial charge is 0.223 e. The van der Waals surface area contributed by atoms with Gasteiger partial charge in [0.15, 0.2) is 0 Å². The van der Waals surface area contributed by atoms with Crippen molar-refractivity contribution in [2.75, 3.05) is 13.2 Å². The first-order valence-corrected chi connectivity index (χ1v) is 6.64. The molecule has 3 unspecified atom stereocenters. The highest BCUT2D eigenvalue weighted by Gasteiger charge is 2.18. The number of hydrogen-bond donors (Lipinski definition) is 3. The van der Waals surface area contributed by atoms with Crippen LogP contribution in [0.5, 0.6) is 0 Å². The van der Waals surface area contributed by atoms with Crippen LogP contribution in [0.1, 0.15) is 46.5 Å². The van der Waals surface area contributed by atoms with E-state index in [0.717, 1.165) is 25.7 Å². The van der Waals surface area contributed by atoms with Crippen molar-refractivity contribution in [2.24, 2.45) is 11.8 Å². The number of rotatable bonds is 9. The van der Waals surface area contributed by atoms with Crippen molar-refractivity contribution in [2.45, 2.75) is 52.2 Å². The standard InChI is InChI=1S/C14H26FNO2/c1-12(13(2)11-18)7-5-4-6-9-16-14(3,15)8-10-17/h12-13,16-18H,4-7,9,11H2,1-3H3. The fourth-order valence-electron chi connectivity index (χ4n) is 1.70. The zero-order valence-corrected chi connectivity index (χ0v) is 11.7. The Labute approximate surface area is 110 Å². The van der Waals surface area contributed by atoms with Crippen LogP contribution in [0.15, 0.2) is 0 Å². The lowest BCUT2D eigenvalue weighted by molar-refractivity contribution is 0.187. The second-order valence-electron chi connectivity index (χ2n) is 5.15. The second-order valence-corrected chi connectivity index (χ2v) is 5.15. The summed E-state index contributed by atoms with van der Waals surface area (Å²) in [4.78, 5) is 0. The predicted octanol–water partition coefficient (Wildman–Crippen LogP) is 2.42. The Morgan fingerprint density at radius 2 is 1.89 bits per heavy atom. The quantitative estimate of drug-likeness (QED) is 0.338. The third kappa shape index (κ3) is 8.32. The Morgan fingerprint density at radius 1 is 1.22 bits per heavy atom. The maximum absolute atomic E-state index is 13.4. The average Bonchev–Trinajstić information content (AvgIpc) is 2.32. The minimum Gasteiger partial charge on any atom is -0.462 e. The van der Waals surface area contributed by atoms with Gasteiger partial charge in [0.1, 0.15) is 6.11 Å². The van der Waals surface area contributed by atoms with Crippen LogP contribution in [0, 0.1) is 23.9 Å². The summed E-state index contributed by atoms with van der Waals surface area (Å²) >= 11 is 0. The van der Waals surface area contributed by atoms with Gasteiger partial charge in [0.2, 0.25) is 5.79 Å². The molecule has 3 atom stereocenters. The van der Waals surface area contributed by atoms with E-state index in [1.54, 1.807) is 6.11 Å². The Morgan fingerprint density at radius 3 is 2.44 bits per heavy atom. The largest absolute Gasteiger partial charge is 0.462 e. The van der Waals surface area contributed by atoms with Gasteiger partial charge >= 0.3 is 0 Å². The second kappa shape index (κ2) is 9.18. The lowest BCUT2D eigenvalue weighted by Crippen LogP contribution is -2.36. The lowest BCUT2D eigenvalue weighted by Gasteiger charge is -2.17. The molecule has 0 amide bonds. The van der Waals surface area contributed by atoms with Crippen LogP contribution in [-0.4, -0.2) is 29.2 Å². The van der Waals surface area contributed by atoms with E-state index in [0.29, 0.717) is 18.4 Å². The van der Waals surface area contributed by atoms with Crippen molar-refractivity contribution in [3.05, 3.63) is 0 Å². The summed E-state index contributed by atoms with van der Waals surface area (Å²) in [6.45, 7) is 6.28. The van der Waals surface area contributed by atoms with Crippen molar-refractivity contribution in [3.63, 3.8) is 0 Å². The molecule has 4 heteroatoms. The van der Waals surface area contributed by atoms with Crippen LogP contribution < -0.4 is 5.32 Å².